The number of fused-ring (bicyclic) bond motifs is 2. The lowest BCUT2D eigenvalue weighted by molar-refractivity contribution is -0.142. The van der Waals surface area contributed by atoms with Crippen LogP contribution in [0.4, 0.5) is 4.79 Å². The first kappa shape index (κ1) is 14.2. The number of aliphatic carboxylic acids is 1. The third-order valence-corrected chi connectivity index (χ3v) is 4.78. The number of carboxylic acids is 1. The van der Waals surface area contributed by atoms with Gasteiger partial charge in [0.2, 0.25) is 0 Å². The van der Waals surface area contributed by atoms with Gasteiger partial charge in [0.25, 0.3) is 0 Å². The number of rotatable bonds is 4. The van der Waals surface area contributed by atoms with Crippen LogP contribution in [0.5, 0.6) is 0 Å². The molecule has 0 spiro atoms. The Morgan fingerprint density at radius 3 is 2.53 bits per heavy atom. The molecule has 19 heavy (non-hydrogen) atoms. The van der Waals surface area contributed by atoms with Crippen LogP contribution in [-0.4, -0.2) is 51.6 Å². The number of carbonyl (C=O) groups is 2. The Kier molecular flexibility index (Phi) is 4.02. The molecule has 2 amide bonds. The van der Waals surface area contributed by atoms with E-state index in [0.717, 1.165) is 19.3 Å². The van der Waals surface area contributed by atoms with E-state index in [0.29, 0.717) is 13.0 Å². The topological polar surface area (TPSA) is 60.9 Å². The molecule has 4 atom stereocenters. The van der Waals surface area contributed by atoms with E-state index in [1.165, 1.54) is 0 Å². The Hall–Kier alpha value is -1.26. The average molecular weight is 268 g/mol. The van der Waals surface area contributed by atoms with Crippen LogP contribution in [0.25, 0.3) is 0 Å². The van der Waals surface area contributed by atoms with Gasteiger partial charge >= 0.3 is 12.0 Å². The van der Waals surface area contributed by atoms with Crippen molar-refractivity contribution in [2.75, 3.05) is 6.54 Å². The molecule has 108 valence electrons. The summed E-state index contributed by atoms with van der Waals surface area (Å²) in [5.74, 6) is -1.12. The lowest BCUT2D eigenvalue weighted by Gasteiger charge is -2.34. The Balaban J connectivity index is 2.14. The Morgan fingerprint density at radius 1 is 1.37 bits per heavy atom. The van der Waals surface area contributed by atoms with E-state index in [9.17, 15) is 14.7 Å². The van der Waals surface area contributed by atoms with E-state index >= 15 is 0 Å². The van der Waals surface area contributed by atoms with Crippen molar-refractivity contribution in [1.82, 2.24) is 9.80 Å². The van der Waals surface area contributed by atoms with Gasteiger partial charge in [0.05, 0.1) is 5.92 Å². The molecule has 2 rings (SSSR count). The van der Waals surface area contributed by atoms with Gasteiger partial charge in [-0.15, -0.1) is 0 Å². The quantitative estimate of drug-likeness (QED) is 0.850. The fourth-order valence-electron chi connectivity index (χ4n) is 3.56. The third-order valence-electron chi connectivity index (χ3n) is 4.78. The summed E-state index contributed by atoms with van der Waals surface area (Å²) >= 11 is 0. The van der Waals surface area contributed by atoms with Crippen molar-refractivity contribution in [3.63, 3.8) is 0 Å². The van der Waals surface area contributed by atoms with Crippen LogP contribution >= 0.6 is 0 Å². The number of carbonyl (C=O) groups excluding carboxylic acids is 1. The first-order chi connectivity index (χ1) is 9.01. The molecule has 0 aromatic carbocycles. The highest BCUT2D eigenvalue weighted by Crippen LogP contribution is 2.42. The van der Waals surface area contributed by atoms with E-state index in [2.05, 4.69) is 6.92 Å². The van der Waals surface area contributed by atoms with Gasteiger partial charge in [-0.25, -0.2) is 4.79 Å². The molecule has 2 saturated heterocycles. The lowest BCUT2D eigenvalue weighted by atomic mass is 9.89. The van der Waals surface area contributed by atoms with Crippen LogP contribution in [0.1, 0.15) is 46.5 Å². The summed E-state index contributed by atoms with van der Waals surface area (Å²) in [7, 11) is 0. The maximum Gasteiger partial charge on any atom is 0.320 e. The second-order valence-corrected chi connectivity index (χ2v) is 5.71. The van der Waals surface area contributed by atoms with E-state index in [1.807, 2.05) is 23.6 Å². The SMILES string of the molecule is CCC(C)N(CC)C(=O)N1C2CCC1C(C(=O)O)C2. The van der Waals surface area contributed by atoms with Gasteiger partial charge in [0.1, 0.15) is 0 Å². The minimum Gasteiger partial charge on any atom is -0.481 e. The van der Waals surface area contributed by atoms with Crippen LogP contribution in [0.2, 0.25) is 0 Å². The molecule has 2 heterocycles. The Bertz CT molecular complexity index is 372. The monoisotopic (exact) mass is 268 g/mol. The number of nitrogens with zero attached hydrogens (tertiary/aromatic N) is 2. The molecule has 2 bridgehead atoms. The highest BCUT2D eigenvalue weighted by Gasteiger charge is 2.52. The molecule has 5 nitrogen and oxygen atoms in total. The van der Waals surface area contributed by atoms with Crippen molar-refractivity contribution in [3.05, 3.63) is 0 Å². The number of amides is 2. The van der Waals surface area contributed by atoms with Crippen molar-refractivity contribution in [3.8, 4) is 0 Å². The molecule has 2 aliphatic heterocycles. The molecule has 1 N–H and O–H groups in total. The molecule has 2 aliphatic rings. The summed E-state index contributed by atoms with van der Waals surface area (Å²) < 4.78 is 0. The standard InChI is InChI=1S/C14H24N2O3/c1-4-9(3)15(5-2)14(19)16-10-6-7-12(16)11(8-10)13(17)18/h9-12H,4-8H2,1-3H3,(H,17,18). The van der Waals surface area contributed by atoms with E-state index in [1.54, 1.807) is 0 Å². The molecule has 2 fully saturated rings. The van der Waals surface area contributed by atoms with Gasteiger partial charge in [0.15, 0.2) is 0 Å². The van der Waals surface area contributed by atoms with Gasteiger partial charge < -0.3 is 14.9 Å². The highest BCUT2D eigenvalue weighted by molar-refractivity contribution is 5.79. The van der Waals surface area contributed by atoms with Crippen LogP contribution in [0.3, 0.4) is 0 Å². The van der Waals surface area contributed by atoms with Gasteiger partial charge in [0, 0.05) is 24.7 Å². The van der Waals surface area contributed by atoms with Gasteiger partial charge in [-0.05, 0) is 39.5 Å². The van der Waals surface area contributed by atoms with Gasteiger partial charge in [-0.1, -0.05) is 6.92 Å². The summed E-state index contributed by atoms with van der Waals surface area (Å²) in [5, 5.41) is 9.23. The minimum absolute atomic E-state index is 0.0353. The Labute approximate surface area is 114 Å². The summed E-state index contributed by atoms with van der Waals surface area (Å²) in [6, 6.07) is 0.290. The minimum atomic E-state index is -0.753. The predicted octanol–water partition coefficient (Wildman–Crippen LogP) is 2.16. The third kappa shape index (κ3) is 2.30. The van der Waals surface area contributed by atoms with Crippen LogP contribution in [0.15, 0.2) is 0 Å². The highest BCUT2D eigenvalue weighted by atomic mass is 16.4. The number of carboxylic acid groups (broad SMARTS) is 1. The predicted molar refractivity (Wildman–Crippen MR) is 71.9 cm³/mol. The summed E-state index contributed by atoms with van der Waals surface area (Å²) in [6.45, 7) is 6.78. The molecule has 0 saturated carbocycles. The van der Waals surface area contributed by atoms with E-state index < -0.39 is 5.97 Å². The van der Waals surface area contributed by atoms with Crippen LogP contribution in [0, 0.1) is 5.92 Å². The van der Waals surface area contributed by atoms with Crippen molar-refractivity contribution in [2.24, 2.45) is 5.92 Å². The molecule has 0 aliphatic carbocycles. The maximum absolute atomic E-state index is 12.7. The zero-order chi connectivity index (χ0) is 14.2. The molecule has 5 heteroatoms. The normalized spacial score (nSPS) is 30.5. The molecule has 0 aromatic heterocycles. The van der Waals surface area contributed by atoms with Crippen molar-refractivity contribution >= 4 is 12.0 Å². The maximum atomic E-state index is 12.7. The number of hydrogen-bond acceptors (Lipinski definition) is 2. The molecular weight excluding hydrogens is 244 g/mol. The van der Waals surface area contributed by atoms with Crippen molar-refractivity contribution < 1.29 is 14.7 Å². The summed E-state index contributed by atoms with van der Waals surface area (Å²) in [4.78, 5) is 27.6. The summed E-state index contributed by atoms with van der Waals surface area (Å²) in [5.41, 5.74) is 0. The number of urea groups is 1. The second-order valence-electron chi connectivity index (χ2n) is 5.71. The molecule has 4 unspecified atom stereocenters. The Morgan fingerprint density at radius 2 is 2.05 bits per heavy atom. The van der Waals surface area contributed by atoms with E-state index in [4.69, 9.17) is 0 Å². The average Bonchev–Trinajstić information content (AvgIpc) is 2.96. The number of hydrogen-bond donors (Lipinski definition) is 1. The first-order valence-electron chi connectivity index (χ1n) is 7.32. The smallest absolute Gasteiger partial charge is 0.320 e. The fourth-order valence-corrected chi connectivity index (χ4v) is 3.56. The van der Waals surface area contributed by atoms with E-state index in [-0.39, 0.29) is 30.1 Å². The largest absolute Gasteiger partial charge is 0.481 e. The molecular formula is C14H24N2O3. The lowest BCUT2D eigenvalue weighted by Crippen LogP contribution is -2.49. The van der Waals surface area contributed by atoms with Crippen molar-refractivity contribution in [2.45, 2.75) is 64.6 Å². The fraction of sp³-hybridized carbons (Fsp3) is 0.857. The van der Waals surface area contributed by atoms with Crippen molar-refractivity contribution in [1.29, 1.82) is 0 Å². The van der Waals surface area contributed by atoms with Crippen LogP contribution < -0.4 is 0 Å². The molecule has 0 aromatic rings. The van der Waals surface area contributed by atoms with Gasteiger partial charge in [-0.2, -0.15) is 0 Å². The zero-order valence-corrected chi connectivity index (χ0v) is 12.0. The van der Waals surface area contributed by atoms with Crippen LogP contribution in [-0.2, 0) is 4.79 Å². The zero-order valence-electron chi connectivity index (χ0n) is 12.0. The first-order valence-corrected chi connectivity index (χ1v) is 7.32. The second kappa shape index (κ2) is 5.39. The van der Waals surface area contributed by atoms with Gasteiger partial charge in [-0.3, -0.25) is 4.79 Å². The molecule has 0 radical (unpaired) electrons. The summed E-state index contributed by atoms with van der Waals surface area (Å²) in [6.07, 6.45) is 3.35.